The molecule has 0 aliphatic heterocycles. The van der Waals surface area contributed by atoms with Gasteiger partial charge in [0.15, 0.2) is 0 Å². The van der Waals surface area contributed by atoms with Gasteiger partial charge >= 0.3 is 11.9 Å². The molecule has 106 valence electrons. The third-order valence-corrected chi connectivity index (χ3v) is 2.21. The summed E-state index contributed by atoms with van der Waals surface area (Å²) >= 11 is 0. The quantitative estimate of drug-likeness (QED) is 0.385. The Bertz CT molecular complexity index is 537. The maximum absolute atomic E-state index is 11.5. The van der Waals surface area contributed by atoms with Crippen molar-refractivity contribution in [2.45, 2.75) is 6.42 Å². The van der Waals surface area contributed by atoms with Crippen LogP contribution in [0.15, 0.2) is 52.0 Å². The molecule has 0 atom stereocenters. The van der Waals surface area contributed by atoms with Crippen molar-refractivity contribution in [3.63, 3.8) is 0 Å². The summed E-state index contributed by atoms with van der Waals surface area (Å²) in [4.78, 5) is 22.6. The summed E-state index contributed by atoms with van der Waals surface area (Å²) in [6.07, 6.45) is -0.491. The molecule has 7 heteroatoms. The van der Waals surface area contributed by atoms with Crippen LogP contribution in [0.25, 0.3) is 0 Å². The molecule has 0 saturated heterocycles. The first-order chi connectivity index (χ1) is 9.58. The van der Waals surface area contributed by atoms with Gasteiger partial charge in [-0.1, -0.05) is 18.2 Å². The Labute approximate surface area is 115 Å². The molecule has 0 unspecified atom stereocenters. The standard InChI is InChI=1S/C13H14N2O5/c1-19-11(17)8-10(16)12(13(18)20-2)15-14-9-6-4-3-5-7-9/h3-7,16H,8H2,1-2H3/b12-10+,15-14?. The van der Waals surface area contributed by atoms with Gasteiger partial charge in [-0.15, -0.1) is 5.11 Å². The summed E-state index contributed by atoms with van der Waals surface area (Å²) in [5.41, 5.74) is 0.0431. The van der Waals surface area contributed by atoms with Crippen molar-refractivity contribution in [1.82, 2.24) is 0 Å². The highest BCUT2D eigenvalue weighted by atomic mass is 16.5. The molecule has 7 nitrogen and oxygen atoms in total. The molecule has 0 aliphatic rings. The van der Waals surface area contributed by atoms with Gasteiger partial charge in [0.05, 0.1) is 19.9 Å². The van der Waals surface area contributed by atoms with E-state index in [-0.39, 0.29) is 0 Å². The Hall–Kier alpha value is -2.70. The molecule has 0 spiro atoms. The normalized spacial score (nSPS) is 11.9. The smallest absolute Gasteiger partial charge is 0.362 e. The molecular weight excluding hydrogens is 264 g/mol. The first-order valence-corrected chi connectivity index (χ1v) is 5.62. The Morgan fingerprint density at radius 2 is 1.80 bits per heavy atom. The van der Waals surface area contributed by atoms with Crippen molar-refractivity contribution >= 4 is 17.6 Å². The molecule has 1 aromatic rings. The highest BCUT2D eigenvalue weighted by Crippen LogP contribution is 2.16. The van der Waals surface area contributed by atoms with Crippen LogP contribution in [0, 0.1) is 0 Å². The zero-order chi connectivity index (χ0) is 15.0. The van der Waals surface area contributed by atoms with Gasteiger partial charge in [0.25, 0.3) is 0 Å². The van der Waals surface area contributed by atoms with Crippen molar-refractivity contribution in [2.24, 2.45) is 10.2 Å². The summed E-state index contributed by atoms with van der Waals surface area (Å²) in [5, 5.41) is 17.1. The largest absolute Gasteiger partial charge is 0.509 e. The number of methoxy groups -OCH3 is 2. The van der Waals surface area contributed by atoms with Gasteiger partial charge in [-0.25, -0.2) is 4.79 Å². The second kappa shape index (κ2) is 7.67. The summed E-state index contributed by atoms with van der Waals surface area (Å²) < 4.78 is 8.86. The Balaban J connectivity index is 3.01. The van der Waals surface area contributed by atoms with Crippen LogP contribution in [0.1, 0.15) is 6.42 Å². The average Bonchev–Trinajstić information content (AvgIpc) is 2.47. The molecule has 1 aromatic carbocycles. The Kier molecular flexibility index (Phi) is 5.89. The van der Waals surface area contributed by atoms with Gasteiger partial charge in [0.1, 0.15) is 12.2 Å². The maximum atomic E-state index is 11.5. The molecule has 20 heavy (non-hydrogen) atoms. The van der Waals surface area contributed by atoms with Crippen LogP contribution >= 0.6 is 0 Å². The predicted octanol–water partition coefficient (Wildman–Crippen LogP) is 2.28. The third-order valence-electron chi connectivity index (χ3n) is 2.21. The summed E-state index contributed by atoms with van der Waals surface area (Å²) in [6, 6.07) is 8.60. The van der Waals surface area contributed by atoms with Crippen LogP contribution in [-0.4, -0.2) is 31.3 Å². The van der Waals surface area contributed by atoms with Crippen LogP contribution in [0.3, 0.4) is 0 Å². The van der Waals surface area contributed by atoms with E-state index in [0.717, 1.165) is 7.11 Å². The number of hydrogen-bond donors (Lipinski definition) is 1. The molecule has 0 heterocycles. The lowest BCUT2D eigenvalue weighted by molar-refractivity contribution is -0.140. The van der Waals surface area contributed by atoms with Crippen molar-refractivity contribution < 1.29 is 24.2 Å². The van der Waals surface area contributed by atoms with Gasteiger partial charge < -0.3 is 14.6 Å². The second-order valence-corrected chi connectivity index (χ2v) is 3.58. The minimum absolute atomic E-state index is 0.443. The second-order valence-electron chi connectivity index (χ2n) is 3.58. The van der Waals surface area contributed by atoms with Gasteiger partial charge in [-0.3, -0.25) is 4.79 Å². The number of azo groups is 1. The molecule has 0 saturated carbocycles. The van der Waals surface area contributed by atoms with Crippen LogP contribution in [-0.2, 0) is 19.1 Å². The number of benzene rings is 1. The molecule has 0 fully saturated rings. The van der Waals surface area contributed by atoms with Crippen molar-refractivity contribution in [1.29, 1.82) is 0 Å². The highest BCUT2D eigenvalue weighted by molar-refractivity contribution is 5.89. The first kappa shape index (κ1) is 15.4. The molecule has 0 aromatic heterocycles. The number of carbonyl (C=O) groups excluding carboxylic acids is 2. The zero-order valence-electron chi connectivity index (χ0n) is 11.1. The number of aliphatic hydroxyl groups is 1. The molecular formula is C13H14N2O5. The summed E-state index contributed by atoms with van der Waals surface area (Å²) in [6.45, 7) is 0. The predicted molar refractivity (Wildman–Crippen MR) is 69.3 cm³/mol. The van der Waals surface area contributed by atoms with Crippen molar-refractivity contribution in [3.05, 3.63) is 41.8 Å². The van der Waals surface area contributed by atoms with Gasteiger partial charge in [-0.05, 0) is 12.1 Å². The zero-order valence-corrected chi connectivity index (χ0v) is 11.1. The maximum Gasteiger partial charge on any atom is 0.362 e. The van der Waals surface area contributed by atoms with E-state index in [9.17, 15) is 14.7 Å². The van der Waals surface area contributed by atoms with Crippen molar-refractivity contribution in [2.75, 3.05) is 14.2 Å². The van der Waals surface area contributed by atoms with E-state index in [2.05, 4.69) is 19.7 Å². The lowest BCUT2D eigenvalue weighted by Crippen LogP contribution is -2.09. The van der Waals surface area contributed by atoms with E-state index in [4.69, 9.17) is 0 Å². The average molecular weight is 278 g/mol. The topological polar surface area (TPSA) is 97.5 Å². The first-order valence-electron chi connectivity index (χ1n) is 5.62. The lowest BCUT2D eigenvalue weighted by atomic mass is 10.3. The molecule has 1 rings (SSSR count). The SMILES string of the molecule is COC(=O)C/C(O)=C(\N=Nc1ccccc1)C(=O)OC. The van der Waals surface area contributed by atoms with Crippen LogP contribution in [0.2, 0.25) is 0 Å². The van der Waals surface area contributed by atoms with E-state index in [1.54, 1.807) is 30.3 Å². The minimum atomic E-state index is -0.897. The van der Waals surface area contributed by atoms with E-state index in [1.165, 1.54) is 7.11 Å². The lowest BCUT2D eigenvalue weighted by Gasteiger charge is -2.03. The van der Waals surface area contributed by atoms with Gasteiger partial charge in [-0.2, -0.15) is 5.11 Å². The van der Waals surface area contributed by atoms with E-state index in [1.807, 2.05) is 0 Å². The molecule has 0 radical (unpaired) electrons. The number of carbonyl (C=O) groups is 2. The summed E-state index contributed by atoms with van der Waals surface area (Å²) in [5.74, 6) is -2.17. The fourth-order valence-corrected chi connectivity index (χ4v) is 1.21. The van der Waals surface area contributed by atoms with Gasteiger partial charge in [0.2, 0.25) is 5.70 Å². The number of rotatable bonds is 5. The number of esters is 2. The fourth-order valence-electron chi connectivity index (χ4n) is 1.21. The van der Waals surface area contributed by atoms with Crippen LogP contribution in [0.4, 0.5) is 5.69 Å². The van der Waals surface area contributed by atoms with E-state index >= 15 is 0 Å². The molecule has 1 N–H and O–H groups in total. The number of aliphatic hydroxyl groups excluding tert-OH is 1. The van der Waals surface area contributed by atoms with Gasteiger partial charge in [0, 0.05) is 0 Å². The molecule has 0 aliphatic carbocycles. The fraction of sp³-hybridized carbons (Fsp3) is 0.231. The van der Waals surface area contributed by atoms with Crippen LogP contribution < -0.4 is 0 Å². The Morgan fingerprint density at radius 3 is 2.35 bits per heavy atom. The highest BCUT2D eigenvalue weighted by Gasteiger charge is 2.18. The Morgan fingerprint density at radius 1 is 1.15 bits per heavy atom. The number of nitrogens with zero attached hydrogens (tertiary/aromatic N) is 2. The third kappa shape index (κ3) is 4.52. The number of hydrogen-bond acceptors (Lipinski definition) is 7. The number of ether oxygens (including phenoxy) is 2. The molecule has 0 amide bonds. The summed E-state index contributed by atoms with van der Waals surface area (Å²) in [7, 11) is 2.30. The molecule has 0 bridgehead atoms. The van der Waals surface area contributed by atoms with Crippen molar-refractivity contribution in [3.8, 4) is 0 Å². The minimum Gasteiger partial charge on any atom is -0.509 e. The van der Waals surface area contributed by atoms with E-state index < -0.39 is 29.8 Å². The van der Waals surface area contributed by atoms with E-state index in [0.29, 0.717) is 5.69 Å². The van der Waals surface area contributed by atoms with Crippen LogP contribution in [0.5, 0.6) is 0 Å². The monoisotopic (exact) mass is 278 g/mol.